The Kier molecular flexibility index (Phi) is 3.43. The van der Waals surface area contributed by atoms with Gasteiger partial charge in [-0.15, -0.1) is 0 Å². The molecule has 82 valence electrons. The van der Waals surface area contributed by atoms with Gasteiger partial charge >= 0.3 is 0 Å². The average molecular weight is 325 g/mol. The Morgan fingerprint density at radius 2 is 2.00 bits per heavy atom. The summed E-state index contributed by atoms with van der Waals surface area (Å²) in [5, 5.41) is 0. The summed E-state index contributed by atoms with van der Waals surface area (Å²) in [6.07, 6.45) is 1.94. The minimum atomic E-state index is 0.107. The highest BCUT2D eigenvalue weighted by molar-refractivity contribution is 14.1. The first-order chi connectivity index (χ1) is 7.68. The monoisotopic (exact) mass is 325 g/mol. The van der Waals surface area contributed by atoms with Gasteiger partial charge in [0.25, 0.3) is 0 Å². The lowest BCUT2D eigenvalue weighted by Gasteiger charge is -2.08. The molecule has 0 aliphatic heterocycles. The first kappa shape index (κ1) is 11.4. The Morgan fingerprint density at radius 3 is 2.69 bits per heavy atom. The van der Waals surface area contributed by atoms with E-state index in [1.54, 1.807) is 6.92 Å². The Bertz CT molecular complexity index is 516. The number of hydrogen-bond acceptors (Lipinski definition) is 1. The minimum absolute atomic E-state index is 0.107. The van der Waals surface area contributed by atoms with Crippen molar-refractivity contribution in [3.8, 4) is 0 Å². The van der Waals surface area contributed by atoms with Gasteiger partial charge < -0.3 is 4.57 Å². The molecule has 1 aromatic carbocycles. The summed E-state index contributed by atoms with van der Waals surface area (Å²) in [4.78, 5) is 11.4. The normalized spacial score (nSPS) is 10.4. The SMILES string of the molecule is CC(=O)c1cccn1Cc1ccccc1I. The third-order valence-electron chi connectivity index (χ3n) is 2.49. The zero-order valence-corrected chi connectivity index (χ0v) is 11.1. The summed E-state index contributed by atoms with van der Waals surface area (Å²) >= 11 is 2.32. The van der Waals surface area contributed by atoms with Crippen LogP contribution in [0.25, 0.3) is 0 Å². The summed E-state index contributed by atoms with van der Waals surface area (Å²) < 4.78 is 3.21. The number of hydrogen-bond donors (Lipinski definition) is 0. The molecule has 1 heterocycles. The molecule has 0 bridgehead atoms. The smallest absolute Gasteiger partial charge is 0.176 e. The molecule has 0 saturated heterocycles. The van der Waals surface area contributed by atoms with E-state index < -0.39 is 0 Å². The van der Waals surface area contributed by atoms with Gasteiger partial charge in [0, 0.05) is 23.2 Å². The van der Waals surface area contributed by atoms with Crippen molar-refractivity contribution in [1.82, 2.24) is 4.57 Å². The maximum absolute atomic E-state index is 11.4. The lowest BCUT2D eigenvalue weighted by molar-refractivity contribution is 0.100. The van der Waals surface area contributed by atoms with Crippen LogP contribution >= 0.6 is 22.6 Å². The summed E-state index contributed by atoms with van der Waals surface area (Å²) in [5.74, 6) is 0.107. The van der Waals surface area contributed by atoms with Crippen molar-refractivity contribution in [2.45, 2.75) is 13.5 Å². The maximum Gasteiger partial charge on any atom is 0.176 e. The van der Waals surface area contributed by atoms with Crippen LogP contribution in [0.4, 0.5) is 0 Å². The molecule has 16 heavy (non-hydrogen) atoms. The minimum Gasteiger partial charge on any atom is -0.341 e. The van der Waals surface area contributed by atoms with E-state index in [0.717, 1.165) is 12.2 Å². The predicted octanol–water partition coefficient (Wildman–Crippen LogP) is 3.34. The second-order valence-corrected chi connectivity index (χ2v) is 4.83. The van der Waals surface area contributed by atoms with Gasteiger partial charge in [0.15, 0.2) is 5.78 Å². The summed E-state index contributed by atoms with van der Waals surface area (Å²) in [6, 6.07) is 12.0. The van der Waals surface area contributed by atoms with Gasteiger partial charge in [-0.2, -0.15) is 0 Å². The predicted molar refractivity (Wildman–Crippen MR) is 72.7 cm³/mol. The van der Waals surface area contributed by atoms with Gasteiger partial charge in [-0.3, -0.25) is 4.79 Å². The van der Waals surface area contributed by atoms with Gasteiger partial charge in [0.1, 0.15) is 0 Å². The summed E-state index contributed by atoms with van der Waals surface area (Å²) in [6.45, 7) is 2.35. The van der Waals surface area contributed by atoms with Crippen LogP contribution in [0.15, 0.2) is 42.6 Å². The molecular formula is C13H12INO. The zero-order valence-electron chi connectivity index (χ0n) is 8.98. The first-order valence-corrected chi connectivity index (χ1v) is 6.16. The number of Topliss-reactive ketones (excluding diaryl/α,β-unsaturated/α-hetero) is 1. The quantitative estimate of drug-likeness (QED) is 0.627. The van der Waals surface area contributed by atoms with E-state index in [4.69, 9.17) is 0 Å². The molecule has 0 N–H and O–H groups in total. The van der Waals surface area contributed by atoms with Crippen LogP contribution in [-0.4, -0.2) is 10.4 Å². The molecule has 3 heteroatoms. The Labute approximate surface area is 108 Å². The third kappa shape index (κ3) is 2.35. The van der Waals surface area contributed by atoms with Gasteiger partial charge in [-0.25, -0.2) is 0 Å². The molecule has 0 unspecified atom stereocenters. The van der Waals surface area contributed by atoms with Crippen LogP contribution < -0.4 is 0 Å². The van der Waals surface area contributed by atoms with Crippen molar-refractivity contribution in [1.29, 1.82) is 0 Å². The Balaban J connectivity index is 2.31. The lowest BCUT2D eigenvalue weighted by Crippen LogP contribution is -2.07. The number of carbonyl (C=O) groups is 1. The third-order valence-corrected chi connectivity index (χ3v) is 3.54. The molecule has 0 amide bonds. The van der Waals surface area contributed by atoms with E-state index in [1.807, 2.05) is 35.0 Å². The topological polar surface area (TPSA) is 22.0 Å². The molecule has 0 atom stereocenters. The van der Waals surface area contributed by atoms with Crippen molar-refractivity contribution in [3.05, 3.63) is 57.4 Å². The van der Waals surface area contributed by atoms with Crippen LogP contribution in [0.1, 0.15) is 23.0 Å². The molecule has 0 aliphatic carbocycles. The molecule has 0 aliphatic rings. The Hall–Kier alpha value is -1.10. The highest BCUT2D eigenvalue weighted by Crippen LogP contribution is 2.14. The van der Waals surface area contributed by atoms with E-state index in [2.05, 4.69) is 34.7 Å². The van der Waals surface area contributed by atoms with Gasteiger partial charge in [-0.1, -0.05) is 18.2 Å². The van der Waals surface area contributed by atoms with E-state index in [0.29, 0.717) is 0 Å². The van der Waals surface area contributed by atoms with Crippen molar-refractivity contribution >= 4 is 28.4 Å². The molecule has 0 radical (unpaired) electrons. The fourth-order valence-electron chi connectivity index (χ4n) is 1.68. The van der Waals surface area contributed by atoms with Crippen LogP contribution in [-0.2, 0) is 6.54 Å². The van der Waals surface area contributed by atoms with Gasteiger partial charge in [-0.05, 0) is 46.4 Å². The maximum atomic E-state index is 11.4. The molecule has 0 saturated carbocycles. The van der Waals surface area contributed by atoms with E-state index in [-0.39, 0.29) is 5.78 Å². The zero-order chi connectivity index (χ0) is 11.5. The van der Waals surface area contributed by atoms with Crippen molar-refractivity contribution in [2.75, 3.05) is 0 Å². The standard InChI is InChI=1S/C13H12INO/c1-10(16)13-7-4-8-15(13)9-11-5-2-3-6-12(11)14/h2-8H,9H2,1H3. The van der Waals surface area contributed by atoms with Gasteiger partial charge in [0.05, 0.1) is 5.69 Å². The largest absolute Gasteiger partial charge is 0.341 e. The van der Waals surface area contributed by atoms with Crippen molar-refractivity contribution in [2.24, 2.45) is 0 Å². The van der Waals surface area contributed by atoms with Crippen LogP contribution in [0, 0.1) is 3.57 Å². The number of benzene rings is 1. The van der Waals surface area contributed by atoms with Gasteiger partial charge in [0.2, 0.25) is 0 Å². The lowest BCUT2D eigenvalue weighted by atomic mass is 10.2. The first-order valence-electron chi connectivity index (χ1n) is 5.08. The van der Waals surface area contributed by atoms with E-state index in [1.165, 1.54) is 9.13 Å². The molecular weight excluding hydrogens is 313 g/mol. The molecule has 2 rings (SSSR count). The summed E-state index contributed by atoms with van der Waals surface area (Å²) in [5.41, 5.74) is 2.00. The Morgan fingerprint density at radius 1 is 1.25 bits per heavy atom. The van der Waals surface area contributed by atoms with Crippen LogP contribution in [0.3, 0.4) is 0 Å². The molecule has 1 aromatic heterocycles. The molecule has 2 aromatic rings. The fraction of sp³-hybridized carbons (Fsp3) is 0.154. The highest BCUT2D eigenvalue weighted by atomic mass is 127. The second kappa shape index (κ2) is 4.82. The van der Waals surface area contributed by atoms with Crippen molar-refractivity contribution in [3.63, 3.8) is 0 Å². The molecule has 2 nitrogen and oxygen atoms in total. The number of halogens is 1. The van der Waals surface area contributed by atoms with Crippen LogP contribution in [0.2, 0.25) is 0 Å². The fourth-order valence-corrected chi connectivity index (χ4v) is 2.24. The van der Waals surface area contributed by atoms with Crippen LogP contribution in [0.5, 0.6) is 0 Å². The number of rotatable bonds is 3. The van der Waals surface area contributed by atoms with E-state index in [9.17, 15) is 4.79 Å². The van der Waals surface area contributed by atoms with Crippen molar-refractivity contribution < 1.29 is 4.79 Å². The number of carbonyl (C=O) groups excluding carboxylic acids is 1. The molecule has 0 fully saturated rings. The summed E-state index contributed by atoms with van der Waals surface area (Å²) in [7, 11) is 0. The number of aromatic nitrogens is 1. The number of ketones is 1. The average Bonchev–Trinajstić information content (AvgIpc) is 2.69. The second-order valence-electron chi connectivity index (χ2n) is 3.67. The molecule has 0 spiro atoms. The number of nitrogens with zero attached hydrogens (tertiary/aromatic N) is 1. The highest BCUT2D eigenvalue weighted by Gasteiger charge is 2.07. The van der Waals surface area contributed by atoms with E-state index >= 15 is 0 Å².